The zero-order valence-electron chi connectivity index (χ0n) is 6.29. The summed E-state index contributed by atoms with van der Waals surface area (Å²) in [5, 5.41) is 0.416. The molecule has 0 amide bonds. The molecule has 0 bridgehead atoms. The molecule has 0 fully saturated rings. The van der Waals surface area contributed by atoms with Gasteiger partial charge in [-0.2, -0.15) is 0 Å². The van der Waals surface area contributed by atoms with Crippen molar-refractivity contribution in [2.45, 2.75) is 0 Å². The SMILES string of the molecule is NOCC(=O)c1ccccc1Cl. The van der Waals surface area contributed by atoms with Crippen molar-refractivity contribution >= 4 is 17.4 Å². The summed E-state index contributed by atoms with van der Waals surface area (Å²) < 4.78 is 0. The Hall–Kier alpha value is -0.900. The number of Topliss-reactive ketones (excluding diaryl/α,β-unsaturated/α-hetero) is 1. The van der Waals surface area contributed by atoms with Gasteiger partial charge in [-0.15, -0.1) is 0 Å². The molecule has 12 heavy (non-hydrogen) atoms. The molecular formula is C8H8ClNO2. The number of hydrogen-bond donors (Lipinski definition) is 1. The predicted octanol–water partition coefficient (Wildman–Crippen LogP) is 1.41. The van der Waals surface area contributed by atoms with E-state index in [0.717, 1.165) is 0 Å². The van der Waals surface area contributed by atoms with Crippen molar-refractivity contribution in [3.63, 3.8) is 0 Å². The Bertz CT molecular complexity index is 288. The highest BCUT2D eigenvalue weighted by Crippen LogP contribution is 2.14. The average Bonchev–Trinajstić information content (AvgIpc) is 2.05. The smallest absolute Gasteiger partial charge is 0.192 e. The number of halogens is 1. The Kier molecular flexibility index (Phi) is 3.22. The molecule has 0 aliphatic heterocycles. The number of nitrogens with two attached hydrogens (primary N) is 1. The minimum atomic E-state index is -0.219. The van der Waals surface area contributed by atoms with Gasteiger partial charge in [-0.25, -0.2) is 5.90 Å². The highest BCUT2D eigenvalue weighted by molar-refractivity contribution is 6.34. The van der Waals surface area contributed by atoms with Crippen LogP contribution in [-0.4, -0.2) is 12.4 Å². The van der Waals surface area contributed by atoms with E-state index in [2.05, 4.69) is 4.84 Å². The summed E-state index contributed by atoms with van der Waals surface area (Å²) >= 11 is 5.74. The zero-order chi connectivity index (χ0) is 8.97. The van der Waals surface area contributed by atoms with Crippen molar-refractivity contribution in [2.24, 2.45) is 5.90 Å². The van der Waals surface area contributed by atoms with Gasteiger partial charge in [0.05, 0.1) is 5.02 Å². The average molecular weight is 186 g/mol. The fourth-order valence-electron chi connectivity index (χ4n) is 0.841. The number of rotatable bonds is 3. The maximum absolute atomic E-state index is 11.2. The molecular weight excluding hydrogens is 178 g/mol. The lowest BCUT2D eigenvalue weighted by Gasteiger charge is -2.00. The fourth-order valence-corrected chi connectivity index (χ4v) is 1.08. The van der Waals surface area contributed by atoms with Crippen LogP contribution in [0.25, 0.3) is 0 Å². The minimum Gasteiger partial charge on any atom is -0.296 e. The quantitative estimate of drug-likeness (QED) is 0.572. The highest BCUT2D eigenvalue weighted by atomic mass is 35.5. The van der Waals surface area contributed by atoms with Crippen LogP contribution in [0.2, 0.25) is 5.02 Å². The molecule has 4 heteroatoms. The lowest BCUT2D eigenvalue weighted by molar-refractivity contribution is 0.0763. The van der Waals surface area contributed by atoms with Gasteiger partial charge in [0.25, 0.3) is 0 Å². The molecule has 1 rings (SSSR count). The van der Waals surface area contributed by atoms with E-state index < -0.39 is 0 Å². The summed E-state index contributed by atoms with van der Waals surface area (Å²) in [7, 11) is 0. The van der Waals surface area contributed by atoms with E-state index in [9.17, 15) is 4.79 Å². The number of carbonyl (C=O) groups excluding carboxylic acids is 1. The first kappa shape index (κ1) is 9.19. The van der Waals surface area contributed by atoms with Crippen LogP contribution in [0.5, 0.6) is 0 Å². The highest BCUT2D eigenvalue weighted by Gasteiger charge is 2.08. The van der Waals surface area contributed by atoms with E-state index in [0.29, 0.717) is 10.6 Å². The molecule has 3 nitrogen and oxygen atoms in total. The normalized spacial score (nSPS) is 9.83. The first-order valence-electron chi connectivity index (χ1n) is 3.35. The molecule has 0 unspecified atom stereocenters. The second-order valence-corrected chi connectivity index (χ2v) is 2.62. The molecule has 0 saturated carbocycles. The van der Waals surface area contributed by atoms with Gasteiger partial charge >= 0.3 is 0 Å². The van der Waals surface area contributed by atoms with Crippen LogP contribution in [0, 0.1) is 0 Å². The molecule has 1 aromatic carbocycles. The summed E-state index contributed by atoms with van der Waals surface area (Å²) in [6.07, 6.45) is 0. The molecule has 0 aliphatic carbocycles. The van der Waals surface area contributed by atoms with E-state index in [1.165, 1.54) is 0 Å². The van der Waals surface area contributed by atoms with Crippen molar-refractivity contribution < 1.29 is 9.63 Å². The van der Waals surface area contributed by atoms with Crippen LogP contribution in [-0.2, 0) is 4.84 Å². The monoisotopic (exact) mass is 185 g/mol. The topological polar surface area (TPSA) is 52.3 Å². The van der Waals surface area contributed by atoms with Gasteiger partial charge < -0.3 is 0 Å². The van der Waals surface area contributed by atoms with Gasteiger partial charge in [0.1, 0.15) is 6.61 Å². The van der Waals surface area contributed by atoms with E-state index in [1.807, 2.05) is 0 Å². The maximum atomic E-state index is 11.2. The Morgan fingerprint density at radius 2 is 2.17 bits per heavy atom. The zero-order valence-corrected chi connectivity index (χ0v) is 7.04. The summed E-state index contributed by atoms with van der Waals surface area (Å²) in [6, 6.07) is 6.76. The molecule has 0 aliphatic rings. The minimum absolute atomic E-state index is 0.149. The van der Waals surface area contributed by atoms with Crippen LogP contribution < -0.4 is 5.90 Å². The number of benzene rings is 1. The van der Waals surface area contributed by atoms with Crippen molar-refractivity contribution in [1.82, 2.24) is 0 Å². The van der Waals surface area contributed by atoms with Crippen molar-refractivity contribution in [2.75, 3.05) is 6.61 Å². The van der Waals surface area contributed by atoms with Gasteiger partial charge in [0.2, 0.25) is 0 Å². The van der Waals surface area contributed by atoms with Gasteiger partial charge in [-0.3, -0.25) is 9.63 Å². The molecule has 0 heterocycles. The van der Waals surface area contributed by atoms with Crippen molar-refractivity contribution in [1.29, 1.82) is 0 Å². The predicted molar refractivity (Wildman–Crippen MR) is 45.9 cm³/mol. The molecule has 64 valence electrons. The third kappa shape index (κ3) is 2.04. The van der Waals surface area contributed by atoms with E-state index in [-0.39, 0.29) is 12.4 Å². The van der Waals surface area contributed by atoms with Crippen LogP contribution in [0.3, 0.4) is 0 Å². The van der Waals surface area contributed by atoms with Gasteiger partial charge in [-0.1, -0.05) is 23.7 Å². The first-order chi connectivity index (χ1) is 5.75. The van der Waals surface area contributed by atoms with E-state index in [4.69, 9.17) is 17.5 Å². The summed E-state index contributed by atoms with van der Waals surface area (Å²) in [5.74, 6) is 4.53. The standard InChI is InChI=1S/C8H8ClNO2/c9-7-4-2-1-3-6(7)8(11)5-12-10/h1-4H,5,10H2. The van der Waals surface area contributed by atoms with E-state index >= 15 is 0 Å². The maximum Gasteiger partial charge on any atom is 0.192 e. The van der Waals surface area contributed by atoms with Crippen molar-refractivity contribution in [3.05, 3.63) is 34.9 Å². The summed E-state index contributed by atoms with van der Waals surface area (Å²) in [4.78, 5) is 15.4. The third-order valence-corrected chi connectivity index (χ3v) is 1.72. The molecule has 0 saturated heterocycles. The lowest BCUT2D eigenvalue weighted by Crippen LogP contribution is -2.12. The fraction of sp³-hybridized carbons (Fsp3) is 0.125. The Balaban J connectivity index is 2.87. The molecule has 0 radical (unpaired) electrons. The van der Waals surface area contributed by atoms with E-state index in [1.54, 1.807) is 24.3 Å². The summed E-state index contributed by atoms with van der Waals surface area (Å²) in [5.41, 5.74) is 0.435. The van der Waals surface area contributed by atoms with Gasteiger partial charge in [0, 0.05) is 5.56 Å². The van der Waals surface area contributed by atoms with Crippen molar-refractivity contribution in [3.8, 4) is 0 Å². The third-order valence-electron chi connectivity index (χ3n) is 1.39. The molecule has 1 aromatic rings. The molecule has 0 atom stereocenters. The Morgan fingerprint density at radius 1 is 1.50 bits per heavy atom. The molecule has 2 N–H and O–H groups in total. The second-order valence-electron chi connectivity index (χ2n) is 2.21. The second kappa shape index (κ2) is 4.21. The Labute approximate surface area is 75.0 Å². The van der Waals surface area contributed by atoms with Gasteiger partial charge in [0.15, 0.2) is 5.78 Å². The molecule has 0 spiro atoms. The largest absolute Gasteiger partial charge is 0.296 e. The Morgan fingerprint density at radius 3 is 2.75 bits per heavy atom. The van der Waals surface area contributed by atoms with Gasteiger partial charge in [-0.05, 0) is 12.1 Å². The number of ketones is 1. The molecule has 0 aromatic heterocycles. The van der Waals surface area contributed by atoms with Crippen LogP contribution >= 0.6 is 11.6 Å². The van der Waals surface area contributed by atoms with Crippen LogP contribution in [0.15, 0.2) is 24.3 Å². The first-order valence-corrected chi connectivity index (χ1v) is 3.73. The number of hydrogen-bond acceptors (Lipinski definition) is 3. The van der Waals surface area contributed by atoms with Crippen LogP contribution in [0.1, 0.15) is 10.4 Å². The summed E-state index contributed by atoms with van der Waals surface area (Å²) in [6.45, 7) is -0.149. The van der Waals surface area contributed by atoms with Crippen LogP contribution in [0.4, 0.5) is 0 Å². The lowest BCUT2D eigenvalue weighted by atomic mass is 10.1. The number of carbonyl (C=O) groups is 1.